The van der Waals surface area contributed by atoms with E-state index in [0.717, 1.165) is 11.1 Å². The number of hydrogen-bond donors (Lipinski definition) is 2. The molecule has 0 aromatic carbocycles. The number of rotatable bonds is 5. The van der Waals surface area contributed by atoms with Crippen LogP contribution in [-0.2, 0) is 0 Å². The molecule has 0 fully saturated rings. The molecule has 0 bridgehead atoms. The SMILES string of the molecule is CC(C)c1c[nH]c2c(N)nc(-c3cc(=O)n4cc(-c5cn(C(C)C)n6ccnc6c5=O)nc4n3C(C)C)nc12. The van der Waals surface area contributed by atoms with Crippen molar-refractivity contribution in [3.63, 3.8) is 0 Å². The van der Waals surface area contributed by atoms with Crippen molar-refractivity contribution in [2.75, 3.05) is 5.73 Å². The van der Waals surface area contributed by atoms with E-state index in [9.17, 15) is 9.59 Å². The lowest BCUT2D eigenvalue weighted by atomic mass is 10.1. The fourth-order valence-electron chi connectivity index (χ4n) is 5.08. The van der Waals surface area contributed by atoms with Gasteiger partial charge >= 0.3 is 0 Å². The molecule has 0 saturated heterocycles. The van der Waals surface area contributed by atoms with Gasteiger partial charge in [0, 0.05) is 49.1 Å². The lowest BCUT2D eigenvalue weighted by molar-refractivity contribution is 0.495. The van der Waals surface area contributed by atoms with Crippen LogP contribution in [-0.4, -0.2) is 43.1 Å². The van der Waals surface area contributed by atoms with Gasteiger partial charge in [-0.1, -0.05) is 13.8 Å². The summed E-state index contributed by atoms with van der Waals surface area (Å²) in [5.41, 5.74) is 9.67. The van der Waals surface area contributed by atoms with E-state index in [1.54, 1.807) is 29.3 Å². The molecule has 12 heteroatoms. The monoisotopic (exact) mass is 526 g/mol. The summed E-state index contributed by atoms with van der Waals surface area (Å²) in [5.74, 6) is 1.23. The van der Waals surface area contributed by atoms with Gasteiger partial charge in [-0.25, -0.2) is 24.5 Å². The van der Waals surface area contributed by atoms with Gasteiger partial charge < -0.3 is 15.3 Å². The van der Waals surface area contributed by atoms with E-state index < -0.39 is 0 Å². The molecule has 0 amide bonds. The molecule has 6 rings (SSSR count). The largest absolute Gasteiger partial charge is 0.382 e. The van der Waals surface area contributed by atoms with Crippen LogP contribution in [0.25, 0.3) is 45.2 Å². The number of aromatic amines is 1. The Labute approximate surface area is 222 Å². The smallest absolute Gasteiger partial charge is 0.259 e. The van der Waals surface area contributed by atoms with Crippen molar-refractivity contribution in [1.29, 1.82) is 0 Å². The number of anilines is 1. The van der Waals surface area contributed by atoms with Gasteiger partial charge in [-0.05, 0) is 39.2 Å². The highest BCUT2D eigenvalue weighted by Crippen LogP contribution is 2.30. The number of aromatic nitrogens is 9. The third-order valence-corrected chi connectivity index (χ3v) is 6.99. The maximum atomic E-state index is 13.4. The Kier molecular flexibility index (Phi) is 5.45. The molecule has 0 aliphatic carbocycles. The molecule has 39 heavy (non-hydrogen) atoms. The lowest BCUT2D eigenvalue weighted by Crippen LogP contribution is -2.20. The Morgan fingerprint density at radius 2 is 1.74 bits per heavy atom. The number of nitrogens with zero attached hydrogens (tertiary/aromatic N) is 8. The van der Waals surface area contributed by atoms with Gasteiger partial charge in [0.25, 0.3) is 5.56 Å². The van der Waals surface area contributed by atoms with Crippen LogP contribution in [0.2, 0.25) is 0 Å². The van der Waals surface area contributed by atoms with Crippen molar-refractivity contribution in [3.05, 3.63) is 63.2 Å². The highest BCUT2D eigenvalue weighted by molar-refractivity contribution is 5.89. The number of nitrogens with two attached hydrogens (primary N) is 1. The minimum absolute atomic E-state index is 0.0574. The van der Waals surface area contributed by atoms with Gasteiger partial charge in [-0.3, -0.25) is 18.7 Å². The van der Waals surface area contributed by atoms with E-state index in [4.69, 9.17) is 15.7 Å². The number of nitrogens with one attached hydrogen (secondary N) is 1. The zero-order chi connectivity index (χ0) is 27.7. The molecule has 0 atom stereocenters. The van der Waals surface area contributed by atoms with Gasteiger partial charge in [0.2, 0.25) is 16.9 Å². The van der Waals surface area contributed by atoms with Crippen molar-refractivity contribution in [2.45, 2.75) is 59.5 Å². The summed E-state index contributed by atoms with van der Waals surface area (Å²) < 4.78 is 6.98. The third kappa shape index (κ3) is 3.66. The maximum absolute atomic E-state index is 13.4. The summed E-state index contributed by atoms with van der Waals surface area (Å²) in [5, 5.41) is 0. The van der Waals surface area contributed by atoms with E-state index in [-0.39, 0.29) is 29.0 Å². The van der Waals surface area contributed by atoms with Gasteiger partial charge in [0.05, 0.1) is 22.5 Å². The Morgan fingerprint density at radius 1 is 0.974 bits per heavy atom. The summed E-state index contributed by atoms with van der Waals surface area (Å²) >= 11 is 0. The predicted octanol–water partition coefficient (Wildman–Crippen LogP) is 3.78. The van der Waals surface area contributed by atoms with Crippen LogP contribution in [0, 0.1) is 0 Å². The molecule has 0 radical (unpaired) electrons. The Morgan fingerprint density at radius 3 is 2.44 bits per heavy atom. The van der Waals surface area contributed by atoms with Crippen molar-refractivity contribution in [3.8, 4) is 22.8 Å². The zero-order valence-corrected chi connectivity index (χ0v) is 22.7. The van der Waals surface area contributed by atoms with E-state index in [2.05, 4.69) is 28.8 Å². The summed E-state index contributed by atoms with van der Waals surface area (Å²) in [4.78, 5) is 48.4. The van der Waals surface area contributed by atoms with Crippen LogP contribution in [0.3, 0.4) is 0 Å². The van der Waals surface area contributed by atoms with Crippen LogP contribution in [0.1, 0.15) is 65.1 Å². The summed E-state index contributed by atoms with van der Waals surface area (Å²) in [6, 6.07) is 1.43. The van der Waals surface area contributed by atoms with Crippen molar-refractivity contribution in [1.82, 2.24) is 43.1 Å². The predicted molar refractivity (Wildman–Crippen MR) is 150 cm³/mol. The average molecular weight is 527 g/mol. The first-order valence-electron chi connectivity index (χ1n) is 12.9. The fraction of sp³-hybridized carbons (Fsp3) is 0.333. The molecule has 0 unspecified atom stereocenters. The van der Waals surface area contributed by atoms with E-state index in [1.165, 1.54) is 10.5 Å². The van der Waals surface area contributed by atoms with Crippen LogP contribution < -0.4 is 16.7 Å². The Hall–Kier alpha value is -4.74. The molecule has 6 aromatic heterocycles. The van der Waals surface area contributed by atoms with Crippen molar-refractivity contribution >= 4 is 28.3 Å². The number of nitrogen functional groups attached to an aromatic ring is 1. The molecule has 3 N–H and O–H groups in total. The standard InChI is InChI=1S/C27H30N10O2/c1-13(2)16-10-30-22-21(16)32-25(33-24(22)28)19-9-20(38)34-12-18(31-27(34)37(19)15(5)6)17-11-36(14(3)4)35-8-7-29-26(35)23(17)39/h7-15,30H,1-6H3,(H2,28,32,33). The summed E-state index contributed by atoms with van der Waals surface area (Å²) in [6.07, 6.45) is 8.59. The Bertz CT molecular complexity index is 2020. The first kappa shape index (κ1) is 24.6. The lowest BCUT2D eigenvalue weighted by Gasteiger charge is -2.17. The third-order valence-electron chi connectivity index (χ3n) is 6.99. The quantitative estimate of drug-likeness (QED) is 0.347. The van der Waals surface area contributed by atoms with Crippen molar-refractivity contribution < 1.29 is 0 Å². The highest BCUT2D eigenvalue weighted by atomic mass is 16.1. The Balaban J connectivity index is 1.63. The highest BCUT2D eigenvalue weighted by Gasteiger charge is 2.22. The normalized spacial score (nSPS) is 12.3. The molecule has 6 heterocycles. The fourth-order valence-corrected chi connectivity index (χ4v) is 5.08. The second kappa shape index (κ2) is 8.65. The molecule has 0 aliphatic heterocycles. The average Bonchev–Trinajstić information content (AvgIpc) is 3.62. The minimum Gasteiger partial charge on any atom is -0.382 e. The summed E-state index contributed by atoms with van der Waals surface area (Å²) in [7, 11) is 0. The van der Waals surface area contributed by atoms with Crippen LogP contribution >= 0.6 is 0 Å². The molecular formula is C27H30N10O2. The van der Waals surface area contributed by atoms with E-state index in [0.29, 0.717) is 45.5 Å². The maximum Gasteiger partial charge on any atom is 0.259 e. The molecule has 0 saturated carbocycles. The number of H-pyrrole nitrogens is 1. The topological polar surface area (TPSA) is 146 Å². The summed E-state index contributed by atoms with van der Waals surface area (Å²) in [6.45, 7) is 12.2. The van der Waals surface area contributed by atoms with Crippen LogP contribution in [0.5, 0.6) is 0 Å². The minimum atomic E-state index is -0.317. The van der Waals surface area contributed by atoms with Gasteiger partial charge in [0.15, 0.2) is 11.6 Å². The van der Waals surface area contributed by atoms with Crippen LogP contribution in [0.4, 0.5) is 5.82 Å². The van der Waals surface area contributed by atoms with E-state index in [1.807, 2.05) is 43.1 Å². The second-order valence-corrected chi connectivity index (χ2v) is 10.6. The molecule has 6 aromatic rings. The number of fused-ring (bicyclic) bond motifs is 3. The van der Waals surface area contributed by atoms with Gasteiger partial charge in [0.1, 0.15) is 5.52 Å². The molecule has 12 nitrogen and oxygen atoms in total. The number of hydrogen-bond acceptors (Lipinski definition) is 7. The van der Waals surface area contributed by atoms with Crippen LogP contribution in [0.15, 0.2) is 46.6 Å². The second-order valence-electron chi connectivity index (χ2n) is 10.6. The molecular weight excluding hydrogens is 496 g/mol. The molecule has 0 spiro atoms. The van der Waals surface area contributed by atoms with E-state index >= 15 is 0 Å². The first-order valence-corrected chi connectivity index (χ1v) is 12.9. The molecule has 0 aliphatic rings. The number of imidazole rings is 2. The van der Waals surface area contributed by atoms with Gasteiger partial charge in [-0.2, -0.15) is 0 Å². The first-order chi connectivity index (χ1) is 18.6. The van der Waals surface area contributed by atoms with Gasteiger partial charge in [-0.15, -0.1) is 0 Å². The molecule has 200 valence electrons. The zero-order valence-electron chi connectivity index (χ0n) is 22.7. The van der Waals surface area contributed by atoms with Crippen molar-refractivity contribution in [2.24, 2.45) is 0 Å².